The molecule has 0 aliphatic carbocycles. The average Bonchev–Trinajstić information content (AvgIpc) is 3.14. The van der Waals surface area contributed by atoms with Gasteiger partial charge in [-0.15, -0.1) is 0 Å². The van der Waals surface area contributed by atoms with E-state index >= 15 is 0 Å². The maximum atomic E-state index is 5.70. The summed E-state index contributed by atoms with van der Waals surface area (Å²) in [5.74, 6) is 1.08. The van der Waals surface area contributed by atoms with Crippen molar-refractivity contribution in [1.29, 1.82) is 0 Å². The summed E-state index contributed by atoms with van der Waals surface area (Å²) in [5, 5.41) is 5.22. The van der Waals surface area contributed by atoms with Crippen molar-refractivity contribution in [2.24, 2.45) is 7.05 Å². The Labute approximate surface area is 127 Å². The summed E-state index contributed by atoms with van der Waals surface area (Å²) >= 11 is 0. The van der Waals surface area contributed by atoms with Crippen LogP contribution in [0.3, 0.4) is 0 Å². The minimum atomic E-state index is 0.489. The van der Waals surface area contributed by atoms with Crippen LogP contribution in [0, 0.1) is 0 Å². The van der Waals surface area contributed by atoms with E-state index in [-0.39, 0.29) is 0 Å². The maximum Gasteiger partial charge on any atom is 0.258 e. The second-order valence-electron chi connectivity index (χ2n) is 5.22. The minimum absolute atomic E-state index is 0.489. The van der Waals surface area contributed by atoms with Crippen LogP contribution < -0.4 is 5.73 Å². The van der Waals surface area contributed by atoms with E-state index in [0.29, 0.717) is 17.4 Å². The Bertz CT molecular complexity index is 950. The first-order valence-corrected chi connectivity index (χ1v) is 6.96. The van der Waals surface area contributed by atoms with Gasteiger partial charge < -0.3 is 14.8 Å². The first-order chi connectivity index (χ1) is 10.7. The van der Waals surface area contributed by atoms with Crippen molar-refractivity contribution in [2.45, 2.75) is 0 Å². The van der Waals surface area contributed by atoms with E-state index in [4.69, 9.17) is 10.3 Å². The minimum Gasteiger partial charge on any atom is -0.399 e. The number of aromatic nitrogens is 3. The van der Waals surface area contributed by atoms with E-state index in [2.05, 4.69) is 26.8 Å². The van der Waals surface area contributed by atoms with E-state index in [1.807, 2.05) is 49.6 Å². The van der Waals surface area contributed by atoms with Crippen LogP contribution in [0.1, 0.15) is 0 Å². The lowest BCUT2D eigenvalue weighted by molar-refractivity contribution is 0.432. The highest BCUT2D eigenvalue weighted by atomic mass is 16.5. The van der Waals surface area contributed by atoms with Crippen molar-refractivity contribution in [3.8, 4) is 22.8 Å². The van der Waals surface area contributed by atoms with Gasteiger partial charge in [-0.3, -0.25) is 0 Å². The normalized spacial score (nSPS) is 11.1. The number of para-hydroxylation sites is 1. The summed E-state index contributed by atoms with van der Waals surface area (Å²) in [6, 6.07) is 15.5. The molecule has 2 aromatic carbocycles. The lowest BCUT2D eigenvalue weighted by Crippen LogP contribution is -1.84. The number of nitrogens with zero attached hydrogens (tertiary/aromatic N) is 3. The SMILES string of the molecule is Cn1cc(-c2noc(-c3ccc(N)cc3)n2)c2ccccc21. The molecule has 2 N–H and O–H groups in total. The van der Waals surface area contributed by atoms with Crippen molar-refractivity contribution in [3.05, 3.63) is 54.7 Å². The van der Waals surface area contributed by atoms with Crippen molar-refractivity contribution in [3.63, 3.8) is 0 Å². The molecular weight excluding hydrogens is 276 g/mol. The topological polar surface area (TPSA) is 69.9 Å². The highest BCUT2D eigenvalue weighted by molar-refractivity contribution is 5.94. The van der Waals surface area contributed by atoms with Crippen LogP contribution in [0.5, 0.6) is 0 Å². The van der Waals surface area contributed by atoms with Gasteiger partial charge in [0.05, 0.1) is 0 Å². The molecule has 108 valence electrons. The van der Waals surface area contributed by atoms with Gasteiger partial charge in [-0.1, -0.05) is 23.4 Å². The van der Waals surface area contributed by atoms with Gasteiger partial charge in [0.1, 0.15) is 0 Å². The van der Waals surface area contributed by atoms with Gasteiger partial charge >= 0.3 is 0 Å². The number of benzene rings is 2. The zero-order valence-electron chi connectivity index (χ0n) is 12.0. The van der Waals surface area contributed by atoms with Crippen LogP contribution >= 0.6 is 0 Å². The van der Waals surface area contributed by atoms with E-state index in [1.165, 1.54) is 0 Å². The van der Waals surface area contributed by atoms with Gasteiger partial charge in [-0.05, 0) is 30.3 Å². The molecule has 0 saturated carbocycles. The zero-order chi connectivity index (χ0) is 15.1. The predicted octanol–water partition coefficient (Wildman–Crippen LogP) is 3.48. The van der Waals surface area contributed by atoms with Crippen molar-refractivity contribution in [1.82, 2.24) is 14.7 Å². The van der Waals surface area contributed by atoms with E-state index < -0.39 is 0 Å². The van der Waals surface area contributed by atoms with Crippen molar-refractivity contribution >= 4 is 16.6 Å². The third-order valence-electron chi connectivity index (χ3n) is 3.72. The molecule has 0 aliphatic rings. The molecule has 4 rings (SSSR count). The van der Waals surface area contributed by atoms with Gasteiger partial charge in [0, 0.05) is 41.0 Å². The highest BCUT2D eigenvalue weighted by Crippen LogP contribution is 2.29. The maximum absolute atomic E-state index is 5.70. The lowest BCUT2D eigenvalue weighted by atomic mass is 10.1. The van der Waals surface area contributed by atoms with Crippen LogP contribution in [0.2, 0.25) is 0 Å². The standard InChI is InChI=1S/C17H14N4O/c1-21-10-14(13-4-2-3-5-15(13)21)16-19-17(22-20-16)11-6-8-12(18)9-7-11/h2-10H,18H2,1H3. The second kappa shape index (κ2) is 4.73. The Morgan fingerprint density at radius 1 is 1.05 bits per heavy atom. The second-order valence-corrected chi connectivity index (χ2v) is 5.22. The predicted molar refractivity (Wildman–Crippen MR) is 86.1 cm³/mol. The molecule has 0 bridgehead atoms. The van der Waals surface area contributed by atoms with Crippen LogP contribution in [-0.4, -0.2) is 14.7 Å². The summed E-state index contributed by atoms with van der Waals surface area (Å²) in [4.78, 5) is 4.51. The number of anilines is 1. The Kier molecular flexibility index (Phi) is 2.72. The Hall–Kier alpha value is -3.08. The zero-order valence-corrected chi connectivity index (χ0v) is 12.0. The van der Waals surface area contributed by atoms with Crippen LogP contribution in [0.25, 0.3) is 33.7 Å². The number of nitrogen functional groups attached to an aromatic ring is 1. The quantitative estimate of drug-likeness (QED) is 0.574. The summed E-state index contributed by atoms with van der Waals surface area (Å²) < 4.78 is 7.45. The summed E-state index contributed by atoms with van der Waals surface area (Å²) in [7, 11) is 2.01. The molecule has 4 aromatic rings. The smallest absolute Gasteiger partial charge is 0.258 e. The third kappa shape index (κ3) is 1.95. The van der Waals surface area contributed by atoms with Gasteiger partial charge in [-0.25, -0.2) is 0 Å². The molecule has 5 nitrogen and oxygen atoms in total. The fraction of sp³-hybridized carbons (Fsp3) is 0.0588. The van der Waals surface area contributed by atoms with Crippen molar-refractivity contribution < 1.29 is 4.52 Å². The van der Waals surface area contributed by atoms with Crippen LogP contribution in [-0.2, 0) is 7.05 Å². The Morgan fingerprint density at radius 2 is 1.82 bits per heavy atom. The van der Waals surface area contributed by atoms with E-state index in [0.717, 1.165) is 22.0 Å². The van der Waals surface area contributed by atoms with Gasteiger partial charge in [-0.2, -0.15) is 4.98 Å². The fourth-order valence-corrected chi connectivity index (χ4v) is 2.60. The molecule has 0 spiro atoms. The van der Waals surface area contributed by atoms with Crippen LogP contribution in [0.4, 0.5) is 5.69 Å². The number of nitrogens with two attached hydrogens (primary N) is 1. The molecule has 0 radical (unpaired) electrons. The molecule has 0 aliphatic heterocycles. The summed E-state index contributed by atoms with van der Waals surface area (Å²) in [6.45, 7) is 0. The molecule has 0 amide bonds. The lowest BCUT2D eigenvalue weighted by Gasteiger charge is -1.94. The number of hydrogen-bond acceptors (Lipinski definition) is 4. The van der Waals surface area contributed by atoms with Gasteiger partial charge in [0.25, 0.3) is 5.89 Å². The third-order valence-corrected chi connectivity index (χ3v) is 3.72. The summed E-state index contributed by atoms with van der Waals surface area (Å²) in [6.07, 6.45) is 2.02. The first kappa shape index (κ1) is 12.6. The molecular formula is C17H14N4O. The van der Waals surface area contributed by atoms with E-state index in [1.54, 1.807) is 0 Å². The Morgan fingerprint density at radius 3 is 2.64 bits per heavy atom. The highest BCUT2D eigenvalue weighted by Gasteiger charge is 2.15. The van der Waals surface area contributed by atoms with Gasteiger partial charge in [0.15, 0.2) is 0 Å². The summed E-state index contributed by atoms with van der Waals surface area (Å²) in [5.41, 5.74) is 9.35. The number of rotatable bonds is 2. The molecule has 0 unspecified atom stereocenters. The fourth-order valence-electron chi connectivity index (χ4n) is 2.60. The van der Waals surface area contributed by atoms with Gasteiger partial charge in [0.2, 0.25) is 5.82 Å². The van der Waals surface area contributed by atoms with Crippen LogP contribution in [0.15, 0.2) is 59.3 Å². The Balaban J connectivity index is 1.82. The average molecular weight is 290 g/mol. The number of aryl methyl sites for hydroxylation is 1. The molecule has 2 heterocycles. The number of fused-ring (bicyclic) bond motifs is 1. The molecule has 0 fully saturated rings. The number of hydrogen-bond donors (Lipinski definition) is 1. The van der Waals surface area contributed by atoms with Crippen molar-refractivity contribution in [2.75, 3.05) is 5.73 Å². The first-order valence-electron chi connectivity index (χ1n) is 6.96. The monoisotopic (exact) mass is 290 g/mol. The largest absolute Gasteiger partial charge is 0.399 e. The molecule has 5 heteroatoms. The molecule has 0 atom stereocenters. The molecule has 2 aromatic heterocycles. The molecule has 22 heavy (non-hydrogen) atoms. The van der Waals surface area contributed by atoms with E-state index in [9.17, 15) is 0 Å². The molecule has 0 saturated heterocycles.